The van der Waals surface area contributed by atoms with Gasteiger partial charge in [-0.25, -0.2) is 4.39 Å². The minimum atomic E-state index is -0.298. The molecule has 2 aromatic carbocycles. The van der Waals surface area contributed by atoms with Crippen molar-refractivity contribution in [2.75, 3.05) is 0 Å². The molecule has 0 aliphatic carbocycles. The molecule has 3 heteroatoms. The Morgan fingerprint density at radius 3 is 2.19 bits per heavy atom. The summed E-state index contributed by atoms with van der Waals surface area (Å²) in [5.41, 5.74) is 8.13. The van der Waals surface area contributed by atoms with Gasteiger partial charge in [0.1, 0.15) is 17.7 Å². The molecule has 0 heterocycles. The molecule has 21 heavy (non-hydrogen) atoms. The monoisotopic (exact) mass is 287 g/mol. The molecule has 2 aromatic rings. The van der Waals surface area contributed by atoms with Gasteiger partial charge in [-0.2, -0.15) is 0 Å². The summed E-state index contributed by atoms with van der Waals surface area (Å²) in [6.07, 6.45) is -0.298. The highest BCUT2D eigenvalue weighted by Gasteiger charge is 2.18. The van der Waals surface area contributed by atoms with Crippen molar-refractivity contribution in [3.8, 4) is 5.75 Å². The number of rotatable bonds is 5. The maximum absolute atomic E-state index is 13.0. The molecule has 112 valence electrons. The normalized spacial score (nSPS) is 14.0. The van der Waals surface area contributed by atoms with Gasteiger partial charge >= 0.3 is 0 Å². The molecule has 0 spiro atoms. The number of hydrogen-bond acceptors (Lipinski definition) is 2. The largest absolute Gasteiger partial charge is 0.484 e. The minimum Gasteiger partial charge on any atom is -0.484 e. The van der Waals surface area contributed by atoms with E-state index in [0.717, 1.165) is 11.3 Å². The number of hydrogen-bond donors (Lipinski definition) is 1. The van der Waals surface area contributed by atoms with Gasteiger partial charge in [0.2, 0.25) is 0 Å². The van der Waals surface area contributed by atoms with Gasteiger partial charge in [-0.15, -0.1) is 0 Å². The molecule has 0 aliphatic rings. The first kappa shape index (κ1) is 15.5. The molecule has 0 amide bonds. The van der Waals surface area contributed by atoms with E-state index in [1.165, 1.54) is 17.7 Å². The second-order valence-corrected chi connectivity index (χ2v) is 5.68. The molecule has 2 unspecified atom stereocenters. The van der Waals surface area contributed by atoms with E-state index >= 15 is 0 Å². The molecule has 2 atom stereocenters. The summed E-state index contributed by atoms with van der Waals surface area (Å²) >= 11 is 0. The zero-order chi connectivity index (χ0) is 15.4. The molecular weight excluding hydrogens is 265 g/mol. The predicted molar refractivity (Wildman–Crippen MR) is 83.9 cm³/mol. The first-order valence-corrected chi connectivity index (χ1v) is 7.25. The van der Waals surface area contributed by atoms with Gasteiger partial charge in [0.15, 0.2) is 0 Å². The third kappa shape index (κ3) is 4.05. The number of halogens is 1. The molecule has 0 aliphatic heterocycles. The number of ether oxygens (including phenoxy) is 1. The summed E-state index contributed by atoms with van der Waals surface area (Å²) in [6.45, 7) is 6.17. The molecule has 0 fully saturated rings. The van der Waals surface area contributed by atoms with Crippen LogP contribution in [0, 0.1) is 5.82 Å². The minimum absolute atomic E-state index is 0.196. The van der Waals surface area contributed by atoms with E-state index < -0.39 is 0 Å². The average Bonchev–Trinajstić information content (AvgIpc) is 2.46. The van der Waals surface area contributed by atoms with Crippen LogP contribution < -0.4 is 10.5 Å². The topological polar surface area (TPSA) is 35.2 Å². The van der Waals surface area contributed by atoms with Crippen molar-refractivity contribution in [3.05, 3.63) is 65.5 Å². The van der Waals surface area contributed by atoms with E-state index in [0.29, 0.717) is 5.92 Å². The Balaban J connectivity index is 2.24. The van der Waals surface area contributed by atoms with Crippen molar-refractivity contribution in [2.45, 2.75) is 38.8 Å². The average molecular weight is 287 g/mol. The van der Waals surface area contributed by atoms with Gasteiger partial charge in [-0.3, -0.25) is 0 Å². The lowest BCUT2D eigenvalue weighted by Gasteiger charge is -2.23. The highest BCUT2D eigenvalue weighted by Crippen LogP contribution is 2.27. The summed E-state index contributed by atoms with van der Waals surface area (Å²) in [4.78, 5) is 0. The lowest BCUT2D eigenvalue weighted by Crippen LogP contribution is -2.29. The van der Waals surface area contributed by atoms with Crippen LogP contribution in [0.4, 0.5) is 4.39 Å². The SMILES string of the molecule is CC(C)c1cccc(OC(c2ccc(F)cc2)C(C)N)c1. The zero-order valence-electron chi connectivity index (χ0n) is 12.7. The van der Waals surface area contributed by atoms with Gasteiger partial charge in [0, 0.05) is 6.04 Å². The Morgan fingerprint density at radius 2 is 1.62 bits per heavy atom. The zero-order valence-corrected chi connectivity index (χ0v) is 12.7. The van der Waals surface area contributed by atoms with E-state index in [-0.39, 0.29) is 18.0 Å². The number of benzene rings is 2. The molecular formula is C18H22FNO. The first-order chi connectivity index (χ1) is 9.97. The molecule has 2 rings (SSSR count). The quantitative estimate of drug-likeness (QED) is 0.883. The van der Waals surface area contributed by atoms with Gasteiger partial charge in [-0.1, -0.05) is 38.1 Å². The Bertz CT molecular complexity index is 578. The Kier molecular flexibility index (Phi) is 4.97. The van der Waals surface area contributed by atoms with Crippen LogP contribution in [0.2, 0.25) is 0 Å². The molecule has 0 saturated heterocycles. The second-order valence-electron chi connectivity index (χ2n) is 5.68. The van der Waals surface area contributed by atoms with Crippen molar-refractivity contribution in [3.63, 3.8) is 0 Å². The van der Waals surface area contributed by atoms with Gasteiger partial charge in [0.25, 0.3) is 0 Å². The highest BCUT2D eigenvalue weighted by atomic mass is 19.1. The summed E-state index contributed by atoms with van der Waals surface area (Å²) in [6, 6.07) is 14.1. The molecule has 0 aromatic heterocycles. The van der Waals surface area contributed by atoms with Crippen LogP contribution in [0.3, 0.4) is 0 Å². The molecule has 2 nitrogen and oxygen atoms in total. The van der Waals surface area contributed by atoms with E-state index in [9.17, 15) is 4.39 Å². The van der Waals surface area contributed by atoms with Crippen molar-refractivity contribution in [2.24, 2.45) is 5.73 Å². The van der Waals surface area contributed by atoms with Gasteiger partial charge in [-0.05, 0) is 48.2 Å². The van der Waals surface area contributed by atoms with E-state index in [4.69, 9.17) is 10.5 Å². The lowest BCUT2D eigenvalue weighted by atomic mass is 10.0. The second kappa shape index (κ2) is 6.72. The maximum Gasteiger partial charge on any atom is 0.138 e. The van der Waals surface area contributed by atoms with Crippen LogP contribution in [0.1, 0.15) is 43.9 Å². The summed E-state index contributed by atoms with van der Waals surface area (Å²) in [5, 5.41) is 0. The fraction of sp³-hybridized carbons (Fsp3) is 0.333. The van der Waals surface area contributed by atoms with Crippen LogP contribution in [0.25, 0.3) is 0 Å². The Morgan fingerprint density at radius 1 is 0.952 bits per heavy atom. The highest BCUT2D eigenvalue weighted by molar-refractivity contribution is 5.31. The Labute approximate surface area is 125 Å². The van der Waals surface area contributed by atoms with Crippen molar-refractivity contribution >= 4 is 0 Å². The molecule has 0 bridgehead atoms. The summed E-state index contributed by atoms with van der Waals surface area (Å²) < 4.78 is 19.1. The first-order valence-electron chi connectivity index (χ1n) is 7.25. The molecule has 2 N–H and O–H groups in total. The van der Waals surface area contributed by atoms with Crippen molar-refractivity contribution < 1.29 is 9.13 Å². The van der Waals surface area contributed by atoms with E-state index in [1.807, 2.05) is 25.1 Å². The summed E-state index contributed by atoms with van der Waals surface area (Å²) in [7, 11) is 0. The molecule has 0 saturated carbocycles. The van der Waals surface area contributed by atoms with Gasteiger partial charge < -0.3 is 10.5 Å². The van der Waals surface area contributed by atoms with Crippen LogP contribution in [0.5, 0.6) is 5.75 Å². The van der Waals surface area contributed by atoms with Crippen LogP contribution in [-0.4, -0.2) is 6.04 Å². The fourth-order valence-electron chi connectivity index (χ4n) is 2.22. The smallest absolute Gasteiger partial charge is 0.138 e. The van der Waals surface area contributed by atoms with E-state index in [1.54, 1.807) is 12.1 Å². The number of nitrogens with two attached hydrogens (primary N) is 1. The summed E-state index contributed by atoms with van der Waals surface area (Å²) in [5.74, 6) is 0.963. The standard InChI is InChI=1S/C18H22FNO/c1-12(2)15-5-4-6-17(11-15)21-18(13(3)20)14-7-9-16(19)10-8-14/h4-13,18H,20H2,1-3H3. The van der Waals surface area contributed by atoms with Gasteiger partial charge in [0.05, 0.1) is 0 Å². The molecule has 0 radical (unpaired) electrons. The third-order valence-electron chi connectivity index (χ3n) is 3.46. The van der Waals surface area contributed by atoms with Crippen molar-refractivity contribution in [1.82, 2.24) is 0 Å². The maximum atomic E-state index is 13.0. The van der Waals surface area contributed by atoms with Crippen LogP contribution in [-0.2, 0) is 0 Å². The van der Waals surface area contributed by atoms with Crippen LogP contribution in [0.15, 0.2) is 48.5 Å². The predicted octanol–water partition coefficient (Wildman–Crippen LogP) is 4.42. The Hall–Kier alpha value is -1.87. The fourth-order valence-corrected chi connectivity index (χ4v) is 2.22. The van der Waals surface area contributed by atoms with Crippen LogP contribution >= 0.6 is 0 Å². The van der Waals surface area contributed by atoms with Crippen molar-refractivity contribution in [1.29, 1.82) is 0 Å². The van der Waals surface area contributed by atoms with E-state index in [2.05, 4.69) is 19.9 Å². The lowest BCUT2D eigenvalue weighted by molar-refractivity contribution is 0.180. The third-order valence-corrected chi connectivity index (χ3v) is 3.46.